The van der Waals surface area contributed by atoms with E-state index >= 15 is 0 Å². The van der Waals surface area contributed by atoms with Crippen LogP contribution in [0, 0.1) is 5.82 Å². The Hall–Kier alpha value is -2.27. The molecule has 0 bridgehead atoms. The molecule has 21 heavy (non-hydrogen) atoms. The summed E-state index contributed by atoms with van der Waals surface area (Å²) in [6.45, 7) is 3.45. The molecule has 0 aliphatic carbocycles. The van der Waals surface area contributed by atoms with E-state index in [1.807, 2.05) is 24.3 Å². The second-order valence-electron chi connectivity index (χ2n) is 4.89. The van der Waals surface area contributed by atoms with Gasteiger partial charge in [0.2, 0.25) is 0 Å². The lowest BCUT2D eigenvalue weighted by atomic mass is 10.2. The highest BCUT2D eigenvalue weighted by atomic mass is 19.1. The molecule has 4 nitrogen and oxygen atoms in total. The van der Waals surface area contributed by atoms with Crippen molar-refractivity contribution < 1.29 is 4.39 Å². The Kier molecular flexibility index (Phi) is 3.92. The SMILES string of the molecule is CCCNCc1ccnc(-n2cnc3ccccc32)c1F. The van der Waals surface area contributed by atoms with Gasteiger partial charge in [-0.15, -0.1) is 0 Å². The summed E-state index contributed by atoms with van der Waals surface area (Å²) in [4.78, 5) is 8.46. The summed E-state index contributed by atoms with van der Waals surface area (Å²) < 4.78 is 16.3. The number of hydrogen-bond acceptors (Lipinski definition) is 3. The molecule has 1 N–H and O–H groups in total. The molecule has 0 fully saturated rings. The molecule has 0 saturated heterocycles. The van der Waals surface area contributed by atoms with Crippen molar-refractivity contribution in [3.63, 3.8) is 0 Å². The van der Waals surface area contributed by atoms with E-state index in [2.05, 4.69) is 22.2 Å². The highest BCUT2D eigenvalue weighted by molar-refractivity contribution is 5.76. The summed E-state index contributed by atoms with van der Waals surface area (Å²) in [5.41, 5.74) is 2.29. The standard InChI is InChI=1S/C16H17FN4/c1-2-8-18-10-12-7-9-19-16(15(12)17)21-11-20-13-5-3-4-6-14(13)21/h3-7,9,11,18H,2,8,10H2,1H3. The van der Waals surface area contributed by atoms with Gasteiger partial charge in [0.1, 0.15) is 6.33 Å². The number of fused-ring (bicyclic) bond motifs is 1. The maximum atomic E-state index is 14.6. The Morgan fingerprint density at radius 2 is 2.05 bits per heavy atom. The van der Waals surface area contributed by atoms with Gasteiger partial charge in [-0.3, -0.25) is 4.57 Å². The van der Waals surface area contributed by atoms with Gasteiger partial charge in [-0.05, 0) is 31.2 Å². The molecular formula is C16H17FN4. The summed E-state index contributed by atoms with van der Waals surface area (Å²) >= 11 is 0. The molecule has 1 aromatic carbocycles. The van der Waals surface area contributed by atoms with Gasteiger partial charge in [0.15, 0.2) is 11.6 Å². The van der Waals surface area contributed by atoms with Crippen molar-refractivity contribution in [1.29, 1.82) is 0 Å². The fourth-order valence-electron chi connectivity index (χ4n) is 2.30. The predicted molar refractivity (Wildman–Crippen MR) is 80.8 cm³/mol. The molecule has 2 heterocycles. The van der Waals surface area contributed by atoms with Gasteiger partial charge in [-0.1, -0.05) is 19.1 Å². The van der Waals surface area contributed by atoms with Gasteiger partial charge in [-0.2, -0.15) is 0 Å². The smallest absolute Gasteiger partial charge is 0.175 e. The molecule has 0 radical (unpaired) electrons. The number of nitrogens with zero attached hydrogens (tertiary/aromatic N) is 3. The van der Waals surface area contributed by atoms with Crippen LogP contribution in [-0.2, 0) is 6.54 Å². The number of aromatic nitrogens is 3. The van der Waals surface area contributed by atoms with E-state index in [9.17, 15) is 4.39 Å². The van der Waals surface area contributed by atoms with Crippen molar-refractivity contribution in [2.75, 3.05) is 6.54 Å². The van der Waals surface area contributed by atoms with Gasteiger partial charge < -0.3 is 5.32 Å². The number of pyridine rings is 1. The summed E-state index contributed by atoms with van der Waals surface area (Å²) in [6.07, 6.45) is 4.27. The molecule has 5 heteroatoms. The van der Waals surface area contributed by atoms with Gasteiger partial charge in [0.25, 0.3) is 0 Å². The van der Waals surface area contributed by atoms with E-state index in [1.54, 1.807) is 23.2 Å². The fraction of sp³-hybridized carbons (Fsp3) is 0.250. The second-order valence-corrected chi connectivity index (χ2v) is 4.89. The van der Waals surface area contributed by atoms with Gasteiger partial charge in [-0.25, -0.2) is 14.4 Å². The minimum Gasteiger partial charge on any atom is -0.313 e. The Morgan fingerprint density at radius 1 is 1.19 bits per heavy atom. The predicted octanol–water partition coefficient (Wildman–Crippen LogP) is 3.06. The maximum absolute atomic E-state index is 14.6. The number of nitrogens with one attached hydrogen (secondary N) is 1. The Balaban J connectivity index is 2.00. The molecule has 2 aromatic heterocycles. The van der Waals surface area contributed by atoms with Crippen molar-refractivity contribution in [1.82, 2.24) is 19.9 Å². The number of hydrogen-bond donors (Lipinski definition) is 1. The van der Waals surface area contributed by atoms with Gasteiger partial charge in [0.05, 0.1) is 11.0 Å². The zero-order chi connectivity index (χ0) is 14.7. The van der Waals surface area contributed by atoms with Crippen molar-refractivity contribution in [2.45, 2.75) is 19.9 Å². The first-order valence-electron chi connectivity index (χ1n) is 7.08. The second kappa shape index (κ2) is 6.01. The third-order valence-electron chi connectivity index (χ3n) is 3.37. The maximum Gasteiger partial charge on any atom is 0.175 e. The average Bonchev–Trinajstić information content (AvgIpc) is 2.93. The van der Waals surface area contributed by atoms with Crippen LogP contribution in [0.2, 0.25) is 0 Å². The van der Waals surface area contributed by atoms with Crippen LogP contribution in [0.25, 0.3) is 16.9 Å². The molecule has 0 atom stereocenters. The van der Waals surface area contributed by atoms with Crippen LogP contribution in [0.4, 0.5) is 4.39 Å². The van der Waals surface area contributed by atoms with E-state index in [-0.39, 0.29) is 5.82 Å². The molecule has 3 aromatic rings. The van der Waals surface area contributed by atoms with E-state index in [1.165, 1.54) is 0 Å². The molecule has 0 saturated carbocycles. The lowest BCUT2D eigenvalue weighted by Crippen LogP contribution is -2.16. The van der Waals surface area contributed by atoms with Crippen LogP contribution >= 0.6 is 0 Å². The lowest BCUT2D eigenvalue weighted by molar-refractivity contribution is 0.574. The van der Waals surface area contributed by atoms with Gasteiger partial charge in [0, 0.05) is 18.3 Å². The molecule has 0 spiro atoms. The third-order valence-corrected chi connectivity index (χ3v) is 3.37. The Labute approximate surface area is 122 Å². The normalized spacial score (nSPS) is 11.1. The Morgan fingerprint density at radius 3 is 2.90 bits per heavy atom. The number of imidazole rings is 1. The largest absolute Gasteiger partial charge is 0.313 e. The van der Waals surface area contributed by atoms with Crippen molar-refractivity contribution in [2.24, 2.45) is 0 Å². The summed E-state index contributed by atoms with van der Waals surface area (Å²) in [5.74, 6) is -0.0104. The van der Waals surface area contributed by atoms with Crippen LogP contribution < -0.4 is 5.32 Å². The topological polar surface area (TPSA) is 42.7 Å². The fourth-order valence-corrected chi connectivity index (χ4v) is 2.30. The summed E-state index contributed by atoms with van der Waals surface area (Å²) in [7, 11) is 0. The molecule has 0 aliphatic heterocycles. The van der Waals surface area contributed by atoms with Crippen LogP contribution in [0.15, 0.2) is 42.9 Å². The molecule has 108 valence electrons. The number of rotatable bonds is 5. The van der Waals surface area contributed by atoms with E-state index in [0.29, 0.717) is 17.9 Å². The number of halogens is 1. The van der Waals surface area contributed by atoms with Gasteiger partial charge >= 0.3 is 0 Å². The molecular weight excluding hydrogens is 267 g/mol. The minimum absolute atomic E-state index is 0.291. The van der Waals surface area contributed by atoms with Crippen LogP contribution in [0.3, 0.4) is 0 Å². The average molecular weight is 284 g/mol. The monoisotopic (exact) mass is 284 g/mol. The lowest BCUT2D eigenvalue weighted by Gasteiger charge is -2.09. The van der Waals surface area contributed by atoms with Crippen LogP contribution in [0.1, 0.15) is 18.9 Å². The summed E-state index contributed by atoms with van der Waals surface area (Å²) in [5, 5.41) is 3.21. The first-order valence-corrected chi connectivity index (χ1v) is 7.08. The minimum atomic E-state index is -0.302. The van der Waals surface area contributed by atoms with Crippen LogP contribution in [0.5, 0.6) is 0 Å². The third kappa shape index (κ3) is 2.64. The zero-order valence-electron chi connectivity index (χ0n) is 11.9. The zero-order valence-corrected chi connectivity index (χ0v) is 11.9. The van der Waals surface area contributed by atoms with Crippen LogP contribution in [-0.4, -0.2) is 21.1 Å². The molecule has 3 rings (SSSR count). The highest BCUT2D eigenvalue weighted by Gasteiger charge is 2.13. The summed E-state index contributed by atoms with van der Waals surface area (Å²) in [6, 6.07) is 9.34. The quantitative estimate of drug-likeness (QED) is 0.732. The highest BCUT2D eigenvalue weighted by Crippen LogP contribution is 2.20. The number of benzene rings is 1. The molecule has 0 aliphatic rings. The van der Waals surface area contributed by atoms with E-state index in [0.717, 1.165) is 24.0 Å². The molecule has 0 amide bonds. The van der Waals surface area contributed by atoms with E-state index < -0.39 is 0 Å². The van der Waals surface area contributed by atoms with Crippen molar-refractivity contribution >= 4 is 11.0 Å². The van der Waals surface area contributed by atoms with Crippen molar-refractivity contribution in [3.05, 3.63) is 54.2 Å². The molecule has 0 unspecified atom stereocenters. The van der Waals surface area contributed by atoms with Crippen molar-refractivity contribution in [3.8, 4) is 5.82 Å². The first kappa shape index (κ1) is 13.7. The Bertz CT molecular complexity index is 751. The van der Waals surface area contributed by atoms with E-state index in [4.69, 9.17) is 0 Å². The first-order chi connectivity index (χ1) is 10.3. The number of para-hydroxylation sites is 2.